The number of carbonyl (C=O) groups is 1. The van der Waals surface area contributed by atoms with E-state index in [2.05, 4.69) is 15.9 Å². The first kappa shape index (κ1) is 7.48. The Morgan fingerprint density at radius 1 is 1.67 bits per heavy atom. The van der Waals surface area contributed by atoms with Crippen molar-refractivity contribution in [1.82, 2.24) is 10.2 Å². The predicted molar refractivity (Wildman–Crippen MR) is 31.7 cm³/mol. The molecule has 1 aromatic heterocycles. The highest BCUT2D eigenvalue weighted by Gasteiger charge is 1.70. The Bertz CT molecular complexity index is 185. The van der Waals surface area contributed by atoms with Crippen LogP contribution in [0.2, 0.25) is 0 Å². The lowest BCUT2D eigenvalue weighted by molar-refractivity contribution is -0.106. The number of nitrogens with one attached hydrogen (secondary N) is 2. The number of H-pyrrole nitrogens is 2. The minimum Gasteiger partial charge on any atom is -0.372 e. The van der Waals surface area contributed by atoms with Crippen LogP contribution in [0.4, 0.5) is 0 Å². The summed E-state index contributed by atoms with van der Waals surface area (Å²) in [5, 5.41) is 4.81. The summed E-state index contributed by atoms with van der Waals surface area (Å²) in [5.74, 6) is 0. The van der Waals surface area contributed by atoms with Crippen molar-refractivity contribution in [2.24, 2.45) is 5.73 Å². The van der Waals surface area contributed by atoms with Crippen LogP contribution in [-0.4, -0.2) is 16.6 Å². The van der Waals surface area contributed by atoms with Gasteiger partial charge in [0.25, 0.3) is 5.56 Å². The van der Waals surface area contributed by atoms with E-state index in [0.717, 1.165) is 0 Å². The molecule has 5 heteroatoms. The average molecular weight is 129 g/mol. The molecule has 0 fully saturated rings. The van der Waals surface area contributed by atoms with E-state index in [0.29, 0.717) is 0 Å². The summed E-state index contributed by atoms with van der Waals surface area (Å²) in [6.45, 7) is 0. The molecule has 9 heavy (non-hydrogen) atoms. The molecule has 0 unspecified atom stereocenters. The first-order valence-electron chi connectivity index (χ1n) is 2.18. The molecule has 1 aromatic rings. The summed E-state index contributed by atoms with van der Waals surface area (Å²) >= 11 is 0. The van der Waals surface area contributed by atoms with Crippen LogP contribution >= 0.6 is 0 Å². The molecule has 4 N–H and O–H groups in total. The summed E-state index contributed by atoms with van der Waals surface area (Å²) in [7, 11) is 0. The van der Waals surface area contributed by atoms with Gasteiger partial charge in [-0.05, 0) is 0 Å². The molecule has 50 valence electrons. The lowest BCUT2D eigenvalue weighted by Crippen LogP contribution is -1.93. The van der Waals surface area contributed by atoms with Crippen molar-refractivity contribution < 1.29 is 4.79 Å². The Morgan fingerprint density at radius 3 is 2.33 bits per heavy atom. The fourth-order valence-electron chi connectivity index (χ4n) is 0.272. The fourth-order valence-corrected chi connectivity index (χ4v) is 0.272. The van der Waals surface area contributed by atoms with Gasteiger partial charge in [-0.3, -0.25) is 14.7 Å². The number of amides is 1. The van der Waals surface area contributed by atoms with Crippen LogP contribution in [0.3, 0.4) is 0 Å². The number of primary amides is 1. The highest BCUT2D eigenvalue weighted by Crippen LogP contribution is 1.53. The summed E-state index contributed by atoms with van der Waals surface area (Å²) in [5.41, 5.74) is 4.08. The second-order valence-electron chi connectivity index (χ2n) is 1.10. The van der Waals surface area contributed by atoms with Crippen molar-refractivity contribution in [3.05, 3.63) is 22.6 Å². The zero-order valence-electron chi connectivity index (χ0n) is 4.63. The zero-order chi connectivity index (χ0) is 7.11. The van der Waals surface area contributed by atoms with E-state index in [-0.39, 0.29) is 12.0 Å². The van der Waals surface area contributed by atoms with Gasteiger partial charge < -0.3 is 10.8 Å². The SMILES string of the molecule is NC=O.O=c1cc[nH][nH]1. The molecule has 0 atom stereocenters. The molecule has 0 aliphatic carbocycles. The minimum atomic E-state index is -0.0880. The Balaban J connectivity index is 0.000000187. The number of aromatic nitrogens is 2. The maximum absolute atomic E-state index is 9.98. The summed E-state index contributed by atoms with van der Waals surface area (Å²) in [6, 6.07) is 1.42. The number of nitrogens with two attached hydrogens (primary N) is 1. The van der Waals surface area contributed by atoms with Crippen molar-refractivity contribution in [2.75, 3.05) is 0 Å². The van der Waals surface area contributed by atoms with E-state index in [9.17, 15) is 4.79 Å². The van der Waals surface area contributed by atoms with Gasteiger partial charge in [0.2, 0.25) is 6.41 Å². The molecule has 0 radical (unpaired) electrons. The van der Waals surface area contributed by atoms with Crippen molar-refractivity contribution in [2.45, 2.75) is 0 Å². The lowest BCUT2D eigenvalue weighted by Gasteiger charge is -1.55. The predicted octanol–water partition coefficient (Wildman–Crippen LogP) is -1.20. The number of hydrogen-bond donors (Lipinski definition) is 3. The van der Waals surface area contributed by atoms with Gasteiger partial charge in [0.05, 0.1) is 0 Å². The van der Waals surface area contributed by atoms with Crippen LogP contribution in [0.5, 0.6) is 0 Å². The Labute approximate surface area is 50.9 Å². The second-order valence-corrected chi connectivity index (χ2v) is 1.10. The zero-order valence-corrected chi connectivity index (χ0v) is 4.63. The first-order valence-corrected chi connectivity index (χ1v) is 2.18. The smallest absolute Gasteiger partial charge is 0.263 e. The summed E-state index contributed by atoms with van der Waals surface area (Å²) in [4.78, 5) is 18.6. The van der Waals surface area contributed by atoms with E-state index in [1.54, 1.807) is 6.20 Å². The van der Waals surface area contributed by atoms with E-state index >= 15 is 0 Å². The Morgan fingerprint density at radius 2 is 2.22 bits per heavy atom. The minimum absolute atomic E-state index is 0.0880. The van der Waals surface area contributed by atoms with Crippen LogP contribution < -0.4 is 11.3 Å². The van der Waals surface area contributed by atoms with Crippen molar-refractivity contribution in [3.63, 3.8) is 0 Å². The van der Waals surface area contributed by atoms with Crippen LogP contribution in [0.15, 0.2) is 17.1 Å². The second kappa shape index (κ2) is 4.63. The third-order valence-corrected chi connectivity index (χ3v) is 0.513. The Hall–Kier alpha value is -1.52. The monoisotopic (exact) mass is 129 g/mol. The molecular weight excluding hydrogens is 122 g/mol. The van der Waals surface area contributed by atoms with Gasteiger partial charge in [-0.15, -0.1) is 0 Å². The quantitative estimate of drug-likeness (QED) is 0.384. The summed E-state index contributed by atoms with van der Waals surface area (Å²) < 4.78 is 0. The van der Waals surface area contributed by atoms with Gasteiger partial charge in [0.15, 0.2) is 0 Å². The van der Waals surface area contributed by atoms with Crippen LogP contribution in [0.25, 0.3) is 0 Å². The maximum atomic E-state index is 9.98. The van der Waals surface area contributed by atoms with Gasteiger partial charge in [0, 0.05) is 12.3 Å². The van der Waals surface area contributed by atoms with Crippen LogP contribution in [-0.2, 0) is 4.79 Å². The van der Waals surface area contributed by atoms with Crippen LogP contribution in [0, 0.1) is 0 Å². The van der Waals surface area contributed by atoms with E-state index in [4.69, 9.17) is 4.79 Å². The van der Waals surface area contributed by atoms with Gasteiger partial charge in [-0.25, -0.2) is 0 Å². The summed E-state index contributed by atoms with van der Waals surface area (Å²) in [6.07, 6.45) is 1.79. The third-order valence-electron chi connectivity index (χ3n) is 0.513. The van der Waals surface area contributed by atoms with Gasteiger partial charge in [-0.2, -0.15) is 0 Å². The number of rotatable bonds is 0. The van der Waals surface area contributed by atoms with Crippen molar-refractivity contribution >= 4 is 6.41 Å². The van der Waals surface area contributed by atoms with Crippen molar-refractivity contribution in [3.8, 4) is 0 Å². The molecule has 0 aliphatic rings. The van der Waals surface area contributed by atoms with Gasteiger partial charge in [0.1, 0.15) is 0 Å². The van der Waals surface area contributed by atoms with Gasteiger partial charge in [-0.1, -0.05) is 0 Å². The third kappa shape index (κ3) is 4.33. The highest BCUT2D eigenvalue weighted by atomic mass is 16.1. The number of carbonyl (C=O) groups excluding carboxylic acids is 1. The lowest BCUT2D eigenvalue weighted by atomic mass is 10.7. The average Bonchev–Trinajstić information content (AvgIpc) is 2.20. The molecular formula is C4H7N3O2. The molecule has 0 saturated carbocycles. The van der Waals surface area contributed by atoms with E-state index < -0.39 is 0 Å². The standard InChI is InChI=1S/C3H4N2O.CH3NO/c6-3-1-2-4-5-3;2-1-3/h1-2H,(H2,4,5,6);1H,(H2,2,3). The normalized spacial score (nSPS) is 7.11. The molecule has 1 rings (SSSR count). The van der Waals surface area contributed by atoms with E-state index in [1.165, 1.54) is 6.07 Å². The highest BCUT2D eigenvalue weighted by molar-refractivity contribution is 5.42. The number of aromatic amines is 2. The Kier molecular flexibility index (Phi) is 3.85. The largest absolute Gasteiger partial charge is 0.372 e. The molecule has 0 spiro atoms. The fraction of sp³-hybridized carbons (Fsp3) is 0. The number of hydrogen-bond acceptors (Lipinski definition) is 2. The topological polar surface area (TPSA) is 91.7 Å². The molecule has 1 heterocycles. The molecule has 1 amide bonds. The molecule has 5 nitrogen and oxygen atoms in total. The first-order chi connectivity index (χ1) is 4.31. The molecule has 0 saturated heterocycles. The van der Waals surface area contributed by atoms with Gasteiger partial charge >= 0.3 is 0 Å². The van der Waals surface area contributed by atoms with E-state index in [1.807, 2.05) is 0 Å². The molecule has 0 bridgehead atoms. The molecule has 0 aromatic carbocycles. The van der Waals surface area contributed by atoms with Crippen molar-refractivity contribution in [1.29, 1.82) is 0 Å². The maximum Gasteiger partial charge on any atom is 0.263 e. The molecule has 0 aliphatic heterocycles. The van der Waals surface area contributed by atoms with Crippen LogP contribution in [0.1, 0.15) is 0 Å².